The van der Waals surface area contributed by atoms with Gasteiger partial charge in [-0.15, -0.1) is 0 Å². The van der Waals surface area contributed by atoms with Crippen molar-refractivity contribution in [1.82, 2.24) is 4.90 Å². The van der Waals surface area contributed by atoms with E-state index in [0.717, 1.165) is 36.4 Å². The van der Waals surface area contributed by atoms with Gasteiger partial charge in [-0.2, -0.15) is 0 Å². The first kappa shape index (κ1) is 18.4. The van der Waals surface area contributed by atoms with Crippen molar-refractivity contribution in [2.45, 2.75) is 18.9 Å². The second-order valence-corrected chi connectivity index (χ2v) is 7.61. The number of carbonyl (C=O) groups is 1. The Labute approximate surface area is 168 Å². The van der Waals surface area contributed by atoms with Crippen LogP contribution in [0.3, 0.4) is 0 Å². The van der Waals surface area contributed by atoms with Crippen LogP contribution >= 0.6 is 23.2 Å². The number of halogens is 2. The number of fused-ring (bicyclic) bond motifs is 1. The molecule has 2 aromatic rings. The van der Waals surface area contributed by atoms with Crippen LogP contribution in [0.1, 0.15) is 24.4 Å². The van der Waals surface area contributed by atoms with E-state index in [0.29, 0.717) is 35.5 Å². The number of hydrogen-bond acceptors (Lipinski definition) is 4. The monoisotopic (exact) mass is 406 g/mol. The Morgan fingerprint density at radius 3 is 2.59 bits per heavy atom. The zero-order valence-corrected chi connectivity index (χ0v) is 16.2. The topological polar surface area (TPSA) is 50.8 Å². The highest BCUT2D eigenvalue weighted by molar-refractivity contribution is 6.35. The van der Waals surface area contributed by atoms with Crippen molar-refractivity contribution >= 4 is 34.8 Å². The summed E-state index contributed by atoms with van der Waals surface area (Å²) in [6.45, 7) is 2.33. The summed E-state index contributed by atoms with van der Waals surface area (Å²) in [7, 11) is 0. The van der Waals surface area contributed by atoms with E-state index in [1.165, 1.54) is 0 Å². The minimum atomic E-state index is -0.0854. The molecule has 0 spiro atoms. The maximum Gasteiger partial charge on any atom is 0.238 e. The fourth-order valence-corrected chi connectivity index (χ4v) is 4.20. The summed E-state index contributed by atoms with van der Waals surface area (Å²) in [5, 5.41) is 3.87. The molecule has 0 saturated carbocycles. The van der Waals surface area contributed by atoms with Crippen LogP contribution in [0, 0.1) is 0 Å². The van der Waals surface area contributed by atoms with E-state index in [1.807, 2.05) is 12.1 Å². The molecule has 1 N–H and O–H groups in total. The van der Waals surface area contributed by atoms with Crippen molar-refractivity contribution in [1.29, 1.82) is 0 Å². The zero-order valence-electron chi connectivity index (χ0n) is 14.7. The molecule has 1 atom stereocenters. The highest BCUT2D eigenvalue weighted by Gasteiger charge is 2.28. The van der Waals surface area contributed by atoms with Gasteiger partial charge in [0.05, 0.1) is 6.54 Å². The normalized spacial score (nSPS) is 19.1. The standard InChI is InChI=1S/C20H20Cl2N2O3/c21-14-9-15(22)11-16(10-14)23-20(25)12-24-5-1-2-17(24)13-3-4-18-19(8-13)27-7-6-26-18/h3-4,8-11,17H,1-2,5-7,12H2,(H,23,25)/t17-/m1/s1. The summed E-state index contributed by atoms with van der Waals surface area (Å²) in [6, 6.07) is 11.2. The lowest BCUT2D eigenvalue weighted by Gasteiger charge is -2.26. The lowest BCUT2D eigenvalue weighted by atomic mass is 10.0. The van der Waals surface area contributed by atoms with Crippen molar-refractivity contribution < 1.29 is 14.3 Å². The van der Waals surface area contributed by atoms with Gasteiger partial charge in [-0.3, -0.25) is 9.69 Å². The molecule has 5 nitrogen and oxygen atoms in total. The summed E-state index contributed by atoms with van der Waals surface area (Å²) in [4.78, 5) is 14.7. The van der Waals surface area contributed by atoms with Gasteiger partial charge in [0.15, 0.2) is 11.5 Å². The van der Waals surface area contributed by atoms with Gasteiger partial charge >= 0.3 is 0 Å². The van der Waals surface area contributed by atoms with E-state index in [1.54, 1.807) is 18.2 Å². The molecule has 2 aliphatic rings. The van der Waals surface area contributed by atoms with Crippen LogP contribution in [0.15, 0.2) is 36.4 Å². The lowest BCUT2D eigenvalue weighted by Crippen LogP contribution is -2.33. The minimum absolute atomic E-state index is 0.0854. The third-order valence-corrected chi connectivity index (χ3v) is 5.24. The third kappa shape index (κ3) is 4.32. The number of likely N-dealkylation sites (tertiary alicyclic amines) is 1. The first-order valence-electron chi connectivity index (χ1n) is 8.98. The number of nitrogens with zero attached hydrogens (tertiary/aromatic N) is 1. The first-order chi connectivity index (χ1) is 13.1. The fraction of sp³-hybridized carbons (Fsp3) is 0.350. The van der Waals surface area contributed by atoms with Gasteiger partial charge in [0, 0.05) is 21.8 Å². The molecule has 27 heavy (non-hydrogen) atoms. The molecule has 2 aliphatic heterocycles. The predicted octanol–water partition coefficient (Wildman–Crippen LogP) is 4.54. The summed E-state index contributed by atoms with van der Waals surface area (Å²) < 4.78 is 11.3. The van der Waals surface area contributed by atoms with Gasteiger partial charge in [-0.1, -0.05) is 29.3 Å². The van der Waals surface area contributed by atoms with Crippen molar-refractivity contribution in [3.05, 3.63) is 52.0 Å². The quantitative estimate of drug-likeness (QED) is 0.809. The number of amides is 1. The molecular weight excluding hydrogens is 387 g/mol. The Kier molecular flexibility index (Phi) is 5.43. The third-order valence-electron chi connectivity index (χ3n) is 4.81. The van der Waals surface area contributed by atoms with Crippen LogP contribution in [-0.4, -0.2) is 37.1 Å². The van der Waals surface area contributed by atoms with Crippen molar-refractivity contribution in [2.75, 3.05) is 31.6 Å². The summed E-state index contributed by atoms with van der Waals surface area (Å²) in [5.74, 6) is 1.48. The Bertz CT molecular complexity index is 839. The smallest absolute Gasteiger partial charge is 0.238 e. The highest BCUT2D eigenvalue weighted by Crippen LogP contribution is 2.38. The Morgan fingerprint density at radius 2 is 1.81 bits per heavy atom. The summed E-state index contributed by atoms with van der Waals surface area (Å²) >= 11 is 12.0. The summed E-state index contributed by atoms with van der Waals surface area (Å²) in [5.41, 5.74) is 1.75. The van der Waals surface area contributed by atoms with Crippen LogP contribution < -0.4 is 14.8 Å². The first-order valence-corrected chi connectivity index (χ1v) is 9.73. The maximum absolute atomic E-state index is 12.5. The number of hydrogen-bond donors (Lipinski definition) is 1. The number of benzene rings is 2. The molecule has 0 unspecified atom stereocenters. The fourth-order valence-electron chi connectivity index (χ4n) is 3.67. The van der Waals surface area contributed by atoms with E-state index in [-0.39, 0.29) is 11.9 Å². The van der Waals surface area contributed by atoms with Crippen LogP contribution in [0.4, 0.5) is 5.69 Å². The van der Waals surface area contributed by atoms with Crippen LogP contribution in [0.25, 0.3) is 0 Å². The predicted molar refractivity (Wildman–Crippen MR) is 106 cm³/mol. The van der Waals surface area contributed by atoms with E-state index in [4.69, 9.17) is 32.7 Å². The molecule has 4 rings (SSSR count). The second kappa shape index (κ2) is 7.97. The molecule has 0 aliphatic carbocycles. The second-order valence-electron chi connectivity index (χ2n) is 6.74. The molecule has 0 aromatic heterocycles. The van der Waals surface area contributed by atoms with E-state index >= 15 is 0 Å². The SMILES string of the molecule is O=C(CN1CCC[C@@H]1c1ccc2c(c1)OCCO2)Nc1cc(Cl)cc(Cl)c1. The molecule has 0 radical (unpaired) electrons. The number of nitrogens with one attached hydrogen (secondary N) is 1. The Balaban J connectivity index is 1.44. The number of ether oxygens (including phenoxy) is 2. The minimum Gasteiger partial charge on any atom is -0.486 e. The zero-order chi connectivity index (χ0) is 18.8. The van der Waals surface area contributed by atoms with Gasteiger partial charge in [0.25, 0.3) is 0 Å². The highest BCUT2D eigenvalue weighted by atomic mass is 35.5. The van der Waals surface area contributed by atoms with E-state index in [9.17, 15) is 4.79 Å². The molecule has 142 valence electrons. The molecule has 7 heteroatoms. The molecule has 0 bridgehead atoms. The van der Waals surface area contributed by atoms with Crippen LogP contribution in [0.5, 0.6) is 11.5 Å². The Hall–Kier alpha value is -1.95. The molecule has 1 saturated heterocycles. The number of anilines is 1. The van der Waals surface area contributed by atoms with Crippen molar-refractivity contribution in [3.63, 3.8) is 0 Å². The van der Waals surface area contributed by atoms with Crippen LogP contribution in [0.2, 0.25) is 10.0 Å². The van der Waals surface area contributed by atoms with Gasteiger partial charge < -0.3 is 14.8 Å². The largest absolute Gasteiger partial charge is 0.486 e. The number of rotatable bonds is 4. The average molecular weight is 407 g/mol. The van der Waals surface area contributed by atoms with Gasteiger partial charge in [0.1, 0.15) is 13.2 Å². The maximum atomic E-state index is 12.5. The molecule has 1 amide bonds. The van der Waals surface area contributed by atoms with Crippen molar-refractivity contribution in [3.8, 4) is 11.5 Å². The molecular formula is C20H20Cl2N2O3. The Morgan fingerprint density at radius 1 is 1.07 bits per heavy atom. The average Bonchev–Trinajstić information content (AvgIpc) is 3.08. The molecule has 2 aromatic carbocycles. The molecule has 2 heterocycles. The van der Waals surface area contributed by atoms with Gasteiger partial charge in [0.2, 0.25) is 5.91 Å². The van der Waals surface area contributed by atoms with E-state index in [2.05, 4.69) is 16.3 Å². The summed E-state index contributed by atoms with van der Waals surface area (Å²) in [6.07, 6.45) is 2.06. The molecule has 1 fully saturated rings. The number of carbonyl (C=O) groups excluding carboxylic acids is 1. The van der Waals surface area contributed by atoms with Crippen molar-refractivity contribution in [2.24, 2.45) is 0 Å². The van der Waals surface area contributed by atoms with Gasteiger partial charge in [-0.25, -0.2) is 0 Å². The van der Waals surface area contributed by atoms with Gasteiger partial charge in [-0.05, 0) is 55.3 Å². The van der Waals surface area contributed by atoms with E-state index < -0.39 is 0 Å². The lowest BCUT2D eigenvalue weighted by molar-refractivity contribution is -0.117. The van der Waals surface area contributed by atoms with Crippen LogP contribution in [-0.2, 0) is 4.79 Å².